The van der Waals surface area contributed by atoms with E-state index < -0.39 is 15.9 Å². The van der Waals surface area contributed by atoms with Gasteiger partial charge in [-0.25, -0.2) is 13.1 Å². The minimum absolute atomic E-state index is 0.0883. The summed E-state index contributed by atoms with van der Waals surface area (Å²) >= 11 is 1.71. The molecule has 1 N–H and O–H groups in total. The number of nitrogens with one attached hydrogen (secondary N) is 1. The molecule has 3 aromatic rings. The zero-order valence-electron chi connectivity index (χ0n) is 19.5. The topological polar surface area (TPSA) is 75.7 Å². The molecule has 1 amide bonds. The smallest absolute Gasteiger partial charge is 0.264 e. The molecule has 1 aromatic heterocycles. The normalized spacial score (nSPS) is 11.5. The Bertz CT molecular complexity index is 1100. The average molecular weight is 501 g/mol. The summed E-state index contributed by atoms with van der Waals surface area (Å²) in [5.41, 5.74) is 2.58. The van der Waals surface area contributed by atoms with E-state index in [-0.39, 0.29) is 11.3 Å². The molecule has 0 spiro atoms. The van der Waals surface area contributed by atoms with Crippen molar-refractivity contribution in [1.29, 1.82) is 0 Å². The van der Waals surface area contributed by atoms with Crippen LogP contribution in [0.25, 0.3) is 0 Å². The molecule has 0 radical (unpaired) electrons. The lowest BCUT2D eigenvalue weighted by Gasteiger charge is -2.21. The van der Waals surface area contributed by atoms with Gasteiger partial charge < -0.3 is 9.64 Å². The number of sulfonamides is 1. The second-order valence-electron chi connectivity index (χ2n) is 8.09. The van der Waals surface area contributed by atoms with Crippen LogP contribution < -0.4 is 9.46 Å². The maximum Gasteiger partial charge on any atom is 0.264 e. The molecule has 0 unspecified atom stereocenters. The largest absolute Gasteiger partial charge is 0.494 e. The van der Waals surface area contributed by atoms with E-state index in [0.717, 1.165) is 38.1 Å². The van der Waals surface area contributed by atoms with Crippen molar-refractivity contribution in [2.45, 2.75) is 37.5 Å². The van der Waals surface area contributed by atoms with E-state index in [9.17, 15) is 13.2 Å². The van der Waals surface area contributed by atoms with Crippen LogP contribution in [-0.4, -0.2) is 45.5 Å². The van der Waals surface area contributed by atoms with E-state index in [1.54, 1.807) is 29.5 Å². The number of nitrogens with zero attached hydrogens (tertiary/aromatic N) is 1. The van der Waals surface area contributed by atoms with Gasteiger partial charge in [0.15, 0.2) is 0 Å². The van der Waals surface area contributed by atoms with Crippen LogP contribution in [-0.2, 0) is 21.2 Å². The van der Waals surface area contributed by atoms with Gasteiger partial charge in [-0.05, 0) is 78.0 Å². The fourth-order valence-corrected chi connectivity index (χ4v) is 5.29. The van der Waals surface area contributed by atoms with Gasteiger partial charge in [-0.1, -0.05) is 37.3 Å². The standard InChI is InChI=1S/C26H32N2O4S2/c1-2-15-28(17-13-26(29)27-34(30,31)25-7-4-3-5-8-25)16-6-18-32-24-11-9-22(10-12-24)20-23-14-19-33-21-23/h3-5,7-12,14,19,21H,2,6,13,15-18,20H2,1H3,(H,27,29). The zero-order valence-corrected chi connectivity index (χ0v) is 21.1. The highest BCUT2D eigenvalue weighted by Crippen LogP contribution is 2.17. The predicted molar refractivity (Wildman–Crippen MR) is 137 cm³/mol. The summed E-state index contributed by atoms with van der Waals surface area (Å²) in [5.74, 6) is 0.352. The Morgan fingerprint density at radius 1 is 0.971 bits per heavy atom. The number of carbonyl (C=O) groups is 1. The third-order valence-corrected chi connectivity index (χ3v) is 7.42. The van der Waals surface area contributed by atoms with Gasteiger partial charge in [0.1, 0.15) is 5.75 Å². The molecular weight excluding hydrogens is 468 g/mol. The van der Waals surface area contributed by atoms with Gasteiger partial charge in [0.25, 0.3) is 10.0 Å². The van der Waals surface area contributed by atoms with Crippen molar-refractivity contribution < 1.29 is 17.9 Å². The molecule has 182 valence electrons. The third kappa shape index (κ3) is 8.59. The Morgan fingerprint density at radius 2 is 1.74 bits per heavy atom. The van der Waals surface area contributed by atoms with Gasteiger partial charge in [-0.15, -0.1) is 0 Å². The van der Waals surface area contributed by atoms with Crippen molar-refractivity contribution in [3.05, 3.63) is 82.6 Å². The molecule has 2 aromatic carbocycles. The monoisotopic (exact) mass is 500 g/mol. The lowest BCUT2D eigenvalue weighted by atomic mass is 10.1. The number of ether oxygens (including phenoxy) is 1. The lowest BCUT2D eigenvalue weighted by molar-refractivity contribution is -0.119. The molecule has 0 aliphatic heterocycles. The van der Waals surface area contributed by atoms with E-state index in [1.807, 2.05) is 12.1 Å². The average Bonchev–Trinajstić information content (AvgIpc) is 3.34. The van der Waals surface area contributed by atoms with Crippen LogP contribution in [0.4, 0.5) is 0 Å². The highest BCUT2D eigenvalue weighted by Gasteiger charge is 2.17. The van der Waals surface area contributed by atoms with Crippen LogP contribution in [0.3, 0.4) is 0 Å². The van der Waals surface area contributed by atoms with Gasteiger partial charge >= 0.3 is 0 Å². The van der Waals surface area contributed by atoms with E-state index in [0.29, 0.717) is 13.2 Å². The third-order valence-electron chi connectivity index (χ3n) is 5.30. The number of amides is 1. The van der Waals surface area contributed by atoms with Gasteiger partial charge in [0.2, 0.25) is 5.91 Å². The van der Waals surface area contributed by atoms with Crippen LogP contribution in [0.15, 0.2) is 76.3 Å². The molecule has 0 atom stereocenters. The number of carbonyl (C=O) groups excluding carboxylic acids is 1. The number of thiophene rings is 1. The molecule has 0 bridgehead atoms. The first-order valence-corrected chi connectivity index (χ1v) is 13.9. The first kappa shape index (κ1) is 25.9. The fourth-order valence-electron chi connectivity index (χ4n) is 3.58. The quantitative estimate of drug-likeness (QED) is 0.324. The summed E-state index contributed by atoms with van der Waals surface area (Å²) in [6.45, 7) is 4.79. The number of benzene rings is 2. The van der Waals surface area contributed by atoms with Crippen LogP contribution in [0.1, 0.15) is 37.3 Å². The fraction of sp³-hybridized carbons (Fsp3) is 0.346. The number of hydrogen-bond acceptors (Lipinski definition) is 6. The Balaban J connectivity index is 1.38. The maximum absolute atomic E-state index is 12.3. The molecule has 0 fully saturated rings. The van der Waals surface area contributed by atoms with Crippen molar-refractivity contribution in [3.8, 4) is 5.75 Å². The zero-order chi connectivity index (χ0) is 24.2. The highest BCUT2D eigenvalue weighted by molar-refractivity contribution is 7.90. The predicted octanol–water partition coefficient (Wildman–Crippen LogP) is 4.72. The first-order valence-electron chi connectivity index (χ1n) is 11.5. The van der Waals surface area contributed by atoms with Gasteiger partial charge in [0.05, 0.1) is 11.5 Å². The first-order chi connectivity index (χ1) is 16.5. The molecule has 34 heavy (non-hydrogen) atoms. The summed E-state index contributed by atoms with van der Waals surface area (Å²) in [4.78, 5) is 14.5. The highest BCUT2D eigenvalue weighted by atomic mass is 32.2. The molecule has 0 aliphatic rings. The lowest BCUT2D eigenvalue weighted by Crippen LogP contribution is -2.35. The molecule has 0 aliphatic carbocycles. The molecule has 6 nitrogen and oxygen atoms in total. The molecule has 1 heterocycles. The van der Waals surface area contributed by atoms with E-state index in [4.69, 9.17) is 4.74 Å². The number of hydrogen-bond donors (Lipinski definition) is 1. The molecule has 0 saturated carbocycles. The van der Waals surface area contributed by atoms with Crippen molar-refractivity contribution in [2.75, 3.05) is 26.2 Å². The Morgan fingerprint density at radius 3 is 2.41 bits per heavy atom. The van der Waals surface area contributed by atoms with Crippen molar-refractivity contribution in [3.63, 3.8) is 0 Å². The minimum Gasteiger partial charge on any atom is -0.494 e. The Hall–Kier alpha value is -2.68. The van der Waals surface area contributed by atoms with Gasteiger partial charge in [-0.3, -0.25) is 4.79 Å². The maximum atomic E-state index is 12.3. The molecule has 3 rings (SSSR count). The van der Waals surface area contributed by atoms with Crippen molar-refractivity contribution in [2.24, 2.45) is 0 Å². The van der Waals surface area contributed by atoms with Crippen molar-refractivity contribution >= 4 is 27.3 Å². The van der Waals surface area contributed by atoms with Crippen LogP contribution in [0.5, 0.6) is 5.75 Å². The second kappa shape index (κ2) is 13.3. The summed E-state index contributed by atoms with van der Waals surface area (Å²) in [5, 5.41) is 4.26. The summed E-state index contributed by atoms with van der Waals surface area (Å²) in [7, 11) is -3.83. The minimum atomic E-state index is -3.83. The summed E-state index contributed by atoms with van der Waals surface area (Å²) in [6.07, 6.45) is 2.82. The SMILES string of the molecule is CCCN(CCCOc1ccc(Cc2ccsc2)cc1)CCC(=O)NS(=O)(=O)c1ccccc1. The van der Waals surface area contributed by atoms with Gasteiger partial charge in [-0.2, -0.15) is 11.3 Å². The van der Waals surface area contributed by atoms with Crippen LogP contribution >= 0.6 is 11.3 Å². The van der Waals surface area contributed by atoms with E-state index in [1.165, 1.54) is 23.3 Å². The molecule has 8 heteroatoms. The molecular formula is C26H32N2O4S2. The van der Waals surface area contributed by atoms with E-state index >= 15 is 0 Å². The number of rotatable bonds is 14. The van der Waals surface area contributed by atoms with Gasteiger partial charge in [0, 0.05) is 19.5 Å². The molecule has 0 saturated heterocycles. The van der Waals surface area contributed by atoms with E-state index in [2.05, 4.69) is 45.5 Å². The van der Waals surface area contributed by atoms with Crippen LogP contribution in [0, 0.1) is 0 Å². The Kier molecular flexibility index (Phi) is 10.1. The van der Waals surface area contributed by atoms with Crippen molar-refractivity contribution in [1.82, 2.24) is 9.62 Å². The second-order valence-corrected chi connectivity index (χ2v) is 10.6. The summed E-state index contributed by atoms with van der Waals surface area (Å²) < 4.78 is 32.6. The Labute approximate surface area is 206 Å². The van der Waals surface area contributed by atoms with Crippen LogP contribution in [0.2, 0.25) is 0 Å². The summed E-state index contributed by atoms with van der Waals surface area (Å²) in [6, 6.07) is 18.3.